The molecule has 0 aliphatic rings. The van der Waals surface area contributed by atoms with E-state index in [2.05, 4.69) is 42.3 Å². The number of imidazole rings is 1. The van der Waals surface area contributed by atoms with Gasteiger partial charge in [-0.3, -0.25) is 0 Å². The molecular weight excluding hydrogens is 400 g/mol. The second-order valence-electron chi connectivity index (χ2n) is 10.6. The highest BCUT2D eigenvalue weighted by atomic mass is 15.1. The molecule has 2 heteroatoms. The van der Waals surface area contributed by atoms with E-state index in [4.69, 9.17) is 0 Å². The van der Waals surface area contributed by atoms with Crippen LogP contribution < -0.4 is 4.57 Å². The summed E-state index contributed by atoms with van der Waals surface area (Å²) in [6, 6.07) is 0. The molecule has 33 heavy (non-hydrogen) atoms. The van der Waals surface area contributed by atoms with Crippen molar-refractivity contribution in [3.8, 4) is 0 Å². The number of unbranched alkanes of at least 4 members (excludes halogenated alkanes) is 19. The number of rotatable bonds is 25. The fourth-order valence-corrected chi connectivity index (χ4v) is 5.15. The van der Waals surface area contributed by atoms with Crippen LogP contribution in [0.3, 0.4) is 0 Å². The van der Waals surface area contributed by atoms with Crippen LogP contribution in [0.15, 0.2) is 12.4 Å². The number of hydrogen-bond acceptors (Lipinski definition) is 0. The van der Waals surface area contributed by atoms with Gasteiger partial charge in [-0.15, -0.1) is 0 Å². The minimum absolute atomic E-state index is 1.18. The van der Waals surface area contributed by atoms with E-state index < -0.39 is 0 Å². The van der Waals surface area contributed by atoms with Gasteiger partial charge in [-0.1, -0.05) is 136 Å². The summed E-state index contributed by atoms with van der Waals surface area (Å²) in [5, 5.41) is 0. The normalized spacial score (nSPS) is 11.5. The summed E-state index contributed by atoms with van der Waals surface area (Å²) in [5.41, 5.74) is 0. The van der Waals surface area contributed by atoms with Gasteiger partial charge >= 0.3 is 0 Å². The Morgan fingerprint density at radius 2 is 0.939 bits per heavy atom. The first-order chi connectivity index (χ1) is 16.3. The van der Waals surface area contributed by atoms with Crippen molar-refractivity contribution in [3.05, 3.63) is 18.2 Å². The number of aryl methyl sites for hydroxylation is 2. The first-order valence-corrected chi connectivity index (χ1v) is 15.4. The molecule has 2 nitrogen and oxygen atoms in total. The van der Waals surface area contributed by atoms with Crippen molar-refractivity contribution in [2.24, 2.45) is 0 Å². The summed E-state index contributed by atoms with van der Waals surface area (Å²) in [7, 11) is 0. The molecule has 1 aromatic heterocycles. The van der Waals surface area contributed by atoms with Crippen LogP contribution in [0.25, 0.3) is 0 Å². The van der Waals surface area contributed by atoms with Gasteiger partial charge in [0.2, 0.25) is 0 Å². The highest BCUT2D eigenvalue weighted by Gasteiger charge is 2.15. The Kier molecular flexibility index (Phi) is 21.1. The quantitative estimate of drug-likeness (QED) is 0.101. The van der Waals surface area contributed by atoms with E-state index in [9.17, 15) is 0 Å². The smallest absolute Gasteiger partial charge is 0.234 e. The Hall–Kier alpha value is -0.790. The van der Waals surface area contributed by atoms with Gasteiger partial charge in [0.1, 0.15) is 12.4 Å². The second kappa shape index (κ2) is 23.0. The molecule has 0 aliphatic carbocycles. The summed E-state index contributed by atoms with van der Waals surface area (Å²) in [5.74, 6) is 1.59. The molecule has 1 heterocycles. The molecule has 194 valence electrons. The maximum absolute atomic E-state index is 2.58. The predicted molar refractivity (Wildman–Crippen MR) is 147 cm³/mol. The topological polar surface area (TPSA) is 8.81 Å². The number of hydrogen-bond donors (Lipinski definition) is 0. The average Bonchev–Trinajstić information content (AvgIpc) is 3.20. The molecule has 0 unspecified atom stereocenters. The highest BCUT2D eigenvalue weighted by molar-refractivity contribution is 4.84. The number of nitrogens with zero attached hydrogens (tertiary/aromatic N) is 2. The van der Waals surface area contributed by atoms with Gasteiger partial charge in [0.15, 0.2) is 0 Å². The van der Waals surface area contributed by atoms with Gasteiger partial charge in [0, 0.05) is 6.42 Å². The van der Waals surface area contributed by atoms with Crippen molar-refractivity contribution in [2.75, 3.05) is 0 Å². The van der Waals surface area contributed by atoms with E-state index in [1.54, 1.807) is 5.82 Å². The third-order valence-electron chi connectivity index (χ3n) is 7.31. The minimum atomic E-state index is 1.18. The zero-order valence-corrected chi connectivity index (χ0v) is 23.2. The lowest BCUT2D eigenvalue weighted by Crippen LogP contribution is -2.37. The average molecular weight is 462 g/mol. The van der Waals surface area contributed by atoms with Crippen molar-refractivity contribution in [1.82, 2.24) is 4.57 Å². The monoisotopic (exact) mass is 461 g/mol. The van der Waals surface area contributed by atoms with Gasteiger partial charge in [-0.2, -0.15) is 0 Å². The fraction of sp³-hybridized carbons (Fsp3) is 0.903. The van der Waals surface area contributed by atoms with Gasteiger partial charge in [-0.05, 0) is 25.7 Å². The van der Waals surface area contributed by atoms with E-state index in [0.29, 0.717) is 0 Å². The Labute approximate surface area is 208 Å². The molecule has 0 radical (unpaired) electrons. The summed E-state index contributed by atoms with van der Waals surface area (Å²) in [6.07, 6.45) is 37.2. The van der Waals surface area contributed by atoms with Crippen LogP contribution in [0.5, 0.6) is 0 Å². The molecule has 0 fully saturated rings. The highest BCUT2D eigenvalue weighted by Crippen LogP contribution is 2.13. The van der Waals surface area contributed by atoms with E-state index in [-0.39, 0.29) is 0 Å². The van der Waals surface area contributed by atoms with Crippen molar-refractivity contribution in [1.29, 1.82) is 0 Å². The maximum atomic E-state index is 2.58. The van der Waals surface area contributed by atoms with Gasteiger partial charge in [-0.25, -0.2) is 9.13 Å². The van der Waals surface area contributed by atoms with Crippen LogP contribution in [-0.2, 0) is 19.5 Å². The lowest BCUT2D eigenvalue weighted by Gasteiger charge is -2.06. The molecule has 0 bridgehead atoms. The largest absolute Gasteiger partial charge is 0.256 e. The third-order valence-corrected chi connectivity index (χ3v) is 7.31. The molecule has 0 saturated carbocycles. The molecule has 0 atom stereocenters. The van der Waals surface area contributed by atoms with Crippen molar-refractivity contribution < 1.29 is 4.57 Å². The van der Waals surface area contributed by atoms with E-state index >= 15 is 0 Å². The summed E-state index contributed by atoms with van der Waals surface area (Å²) >= 11 is 0. The second-order valence-corrected chi connectivity index (χ2v) is 10.6. The zero-order chi connectivity index (χ0) is 23.8. The molecule has 0 saturated heterocycles. The fourth-order valence-electron chi connectivity index (χ4n) is 5.15. The molecule has 0 N–H and O–H groups in total. The van der Waals surface area contributed by atoms with Gasteiger partial charge < -0.3 is 0 Å². The van der Waals surface area contributed by atoms with Crippen molar-refractivity contribution >= 4 is 0 Å². The van der Waals surface area contributed by atoms with Gasteiger partial charge in [0.05, 0.1) is 13.1 Å². The SMILES string of the molecule is CCCCCCCCCCCCCC[n+]1ccn(CCC)c1CCCCCCCCCCC. The summed E-state index contributed by atoms with van der Waals surface area (Å²) in [6.45, 7) is 9.31. The van der Waals surface area contributed by atoms with Crippen LogP contribution in [0.1, 0.15) is 168 Å². The minimum Gasteiger partial charge on any atom is -0.234 e. The Morgan fingerprint density at radius 3 is 1.39 bits per heavy atom. The molecule has 1 aromatic rings. The van der Waals surface area contributed by atoms with Crippen molar-refractivity contribution in [2.45, 2.75) is 182 Å². The molecule has 0 spiro atoms. The van der Waals surface area contributed by atoms with E-state index in [1.807, 2.05) is 0 Å². The molecule has 0 amide bonds. The lowest BCUT2D eigenvalue weighted by molar-refractivity contribution is -0.704. The molecule has 0 aliphatic heterocycles. The predicted octanol–water partition coefficient (Wildman–Crippen LogP) is 9.96. The third kappa shape index (κ3) is 16.5. The van der Waals surface area contributed by atoms with Crippen molar-refractivity contribution in [3.63, 3.8) is 0 Å². The number of aromatic nitrogens is 2. The Morgan fingerprint density at radius 1 is 0.515 bits per heavy atom. The molecular formula is C31H61N2+. The first-order valence-electron chi connectivity index (χ1n) is 15.4. The van der Waals surface area contributed by atoms with Crippen LogP contribution >= 0.6 is 0 Å². The van der Waals surface area contributed by atoms with Crippen LogP contribution in [0.4, 0.5) is 0 Å². The standard InChI is InChI=1S/C31H61N2/c1-4-7-9-11-13-15-16-17-19-21-23-25-28-33-30-29-32(27-6-3)31(33)26-24-22-20-18-14-12-10-8-5-2/h29-30H,4-28H2,1-3H3/q+1. The van der Waals surface area contributed by atoms with Crippen LogP contribution in [0, 0.1) is 0 Å². The zero-order valence-electron chi connectivity index (χ0n) is 23.2. The molecule has 0 aromatic carbocycles. The van der Waals surface area contributed by atoms with Crippen LogP contribution in [0.2, 0.25) is 0 Å². The van der Waals surface area contributed by atoms with Crippen LogP contribution in [-0.4, -0.2) is 4.57 Å². The molecule has 1 rings (SSSR count). The first kappa shape index (κ1) is 30.2. The van der Waals surface area contributed by atoms with E-state index in [0.717, 1.165) is 0 Å². The Balaban J connectivity index is 2.13. The lowest BCUT2D eigenvalue weighted by atomic mass is 10.1. The summed E-state index contributed by atoms with van der Waals surface area (Å²) in [4.78, 5) is 0. The van der Waals surface area contributed by atoms with E-state index in [1.165, 1.54) is 161 Å². The maximum Gasteiger partial charge on any atom is 0.256 e. The summed E-state index contributed by atoms with van der Waals surface area (Å²) < 4.78 is 5.11. The van der Waals surface area contributed by atoms with Gasteiger partial charge in [0.25, 0.3) is 5.82 Å². The Bertz CT molecular complexity index is 519.